The maximum atomic E-state index is 5.31. The number of aryl methyl sites for hydroxylation is 3. The predicted molar refractivity (Wildman–Crippen MR) is 40.5 cm³/mol. The van der Waals surface area contributed by atoms with E-state index in [-0.39, 0.29) is 0 Å². The Kier molecular flexibility index (Phi) is 1.10. The van der Waals surface area contributed by atoms with Crippen molar-refractivity contribution in [2.24, 2.45) is 0 Å². The van der Waals surface area contributed by atoms with Crippen molar-refractivity contribution in [2.75, 3.05) is 0 Å². The van der Waals surface area contributed by atoms with E-state index in [0.29, 0.717) is 11.6 Å². The molecule has 3 nitrogen and oxygen atoms in total. The van der Waals surface area contributed by atoms with Gasteiger partial charge in [0.2, 0.25) is 0 Å². The third-order valence-corrected chi connectivity index (χ3v) is 1.82. The van der Waals surface area contributed by atoms with E-state index >= 15 is 0 Å². The van der Waals surface area contributed by atoms with Crippen LogP contribution in [0.5, 0.6) is 0 Å². The molecule has 0 amide bonds. The highest BCUT2D eigenvalue weighted by atomic mass is 16.4. The molecule has 0 aliphatic carbocycles. The largest absolute Gasteiger partial charge is 0.440 e. The molecule has 0 bridgehead atoms. The van der Waals surface area contributed by atoms with E-state index in [9.17, 15) is 0 Å². The maximum Gasteiger partial charge on any atom is 0.266 e. The zero-order chi connectivity index (χ0) is 8.01. The smallest absolute Gasteiger partial charge is 0.266 e. The van der Waals surface area contributed by atoms with Crippen molar-refractivity contribution in [1.29, 1.82) is 0 Å². The summed E-state index contributed by atoms with van der Waals surface area (Å²) in [4.78, 5) is 4.06. The van der Waals surface area contributed by atoms with Gasteiger partial charge in [-0.05, 0) is 13.8 Å². The van der Waals surface area contributed by atoms with Crippen molar-refractivity contribution in [3.8, 4) is 0 Å². The van der Waals surface area contributed by atoms with E-state index in [1.807, 2.05) is 20.8 Å². The molecule has 2 rings (SSSR count). The zero-order valence-electron chi connectivity index (χ0n) is 6.76. The number of aromatic nitrogens is 1. The normalized spacial score (nSPS) is 11.2. The molecule has 2 heterocycles. The third-order valence-electron chi connectivity index (χ3n) is 1.82. The van der Waals surface area contributed by atoms with Gasteiger partial charge in [-0.15, -0.1) is 0 Å². The van der Waals surface area contributed by atoms with Gasteiger partial charge in [0.15, 0.2) is 11.5 Å². The van der Waals surface area contributed by atoms with Gasteiger partial charge < -0.3 is 8.83 Å². The quantitative estimate of drug-likeness (QED) is 0.580. The van der Waals surface area contributed by atoms with Crippen molar-refractivity contribution in [3.63, 3.8) is 0 Å². The molecule has 0 N–H and O–H groups in total. The lowest BCUT2D eigenvalue weighted by molar-refractivity contribution is 0.549. The molecule has 0 spiro atoms. The fraction of sp³-hybridized carbons (Fsp3) is 0.375. The Hall–Kier alpha value is -1.25. The fourth-order valence-electron chi connectivity index (χ4n) is 1.10. The van der Waals surface area contributed by atoms with Crippen LogP contribution in [0.1, 0.15) is 17.2 Å². The highest BCUT2D eigenvalue weighted by Gasteiger charge is 2.12. The molecule has 0 aliphatic heterocycles. The second-order valence-electron chi connectivity index (χ2n) is 2.65. The maximum absolute atomic E-state index is 5.31. The van der Waals surface area contributed by atoms with E-state index < -0.39 is 0 Å². The molecule has 3 heteroatoms. The average molecular weight is 151 g/mol. The SMILES string of the molecule is Cc1nc2oc(C)c(C)c2o1. The van der Waals surface area contributed by atoms with Crippen LogP contribution in [0, 0.1) is 20.8 Å². The van der Waals surface area contributed by atoms with Gasteiger partial charge in [0, 0.05) is 12.5 Å². The highest BCUT2D eigenvalue weighted by molar-refractivity contribution is 5.71. The van der Waals surface area contributed by atoms with Crippen molar-refractivity contribution < 1.29 is 8.83 Å². The van der Waals surface area contributed by atoms with Crippen LogP contribution in [0.4, 0.5) is 0 Å². The van der Waals surface area contributed by atoms with E-state index in [2.05, 4.69) is 4.98 Å². The molecule has 58 valence electrons. The van der Waals surface area contributed by atoms with Crippen LogP contribution >= 0.6 is 0 Å². The molecule has 0 unspecified atom stereocenters. The van der Waals surface area contributed by atoms with Gasteiger partial charge in [0.05, 0.1) is 0 Å². The molecule has 0 aromatic carbocycles. The molecule has 0 atom stereocenters. The first-order valence-electron chi connectivity index (χ1n) is 3.51. The summed E-state index contributed by atoms with van der Waals surface area (Å²) in [6, 6.07) is 0. The summed E-state index contributed by atoms with van der Waals surface area (Å²) in [6.45, 7) is 5.68. The Morgan fingerprint density at radius 2 is 1.82 bits per heavy atom. The molecule has 0 radical (unpaired) electrons. The molecular formula is C8H9NO2. The number of hydrogen-bond donors (Lipinski definition) is 0. The number of furan rings is 1. The molecule has 0 saturated heterocycles. The monoisotopic (exact) mass is 151 g/mol. The summed E-state index contributed by atoms with van der Waals surface area (Å²) < 4.78 is 10.6. The first kappa shape index (κ1) is 6.46. The van der Waals surface area contributed by atoms with E-state index in [0.717, 1.165) is 16.9 Å². The lowest BCUT2D eigenvalue weighted by Crippen LogP contribution is -1.69. The summed E-state index contributed by atoms with van der Waals surface area (Å²) >= 11 is 0. The van der Waals surface area contributed by atoms with Crippen molar-refractivity contribution in [3.05, 3.63) is 17.2 Å². The Morgan fingerprint density at radius 1 is 1.09 bits per heavy atom. The Labute approximate surface area is 64.0 Å². The number of fused-ring (bicyclic) bond motifs is 1. The number of hydrogen-bond acceptors (Lipinski definition) is 3. The van der Waals surface area contributed by atoms with Gasteiger partial charge in [0.25, 0.3) is 5.71 Å². The Balaban J connectivity index is 2.88. The summed E-state index contributed by atoms with van der Waals surface area (Å²) in [6.07, 6.45) is 0. The number of rotatable bonds is 0. The average Bonchev–Trinajstić information content (AvgIpc) is 2.37. The Morgan fingerprint density at radius 3 is 2.45 bits per heavy atom. The highest BCUT2D eigenvalue weighted by Crippen LogP contribution is 2.24. The second kappa shape index (κ2) is 1.87. The van der Waals surface area contributed by atoms with Crippen LogP contribution < -0.4 is 0 Å². The molecule has 2 aromatic rings. The lowest BCUT2D eigenvalue weighted by atomic mass is 10.3. The van der Waals surface area contributed by atoms with E-state index in [4.69, 9.17) is 8.83 Å². The molecule has 11 heavy (non-hydrogen) atoms. The topological polar surface area (TPSA) is 39.2 Å². The van der Waals surface area contributed by atoms with Gasteiger partial charge in [-0.25, -0.2) is 0 Å². The first-order valence-corrected chi connectivity index (χ1v) is 3.51. The van der Waals surface area contributed by atoms with Crippen LogP contribution in [-0.4, -0.2) is 4.98 Å². The summed E-state index contributed by atoms with van der Waals surface area (Å²) in [5.74, 6) is 1.54. The van der Waals surface area contributed by atoms with Crippen LogP contribution in [0.25, 0.3) is 11.3 Å². The Bertz CT molecular complexity index is 397. The van der Waals surface area contributed by atoms with Crippen molar-refractivity contribution in [2.45, 2.75) is 20.8 Å². The van der Waals surface area contributed by atoms with Crippen molar-refractivity contribution in [1.82, 2.24) is 4.98 Å². The standard InChI is InChI=1S/C8H9NO2/c1-4-5(2)10-8-7(4)11-6(3)9-8/h1-3H3. The van der Waals surface area contributed by atoms with Crippen LogP contribution in [0.15, 0.2) is 8.83 Å². The zero-order valence-corrected chi connectivity index (χ0v) is 6.76. The van der Waals surface area contributed by atoms with Crippen LogP contribution in [0.3, 0.4) is 0 Å². The lowest BCUT2D eigenvalue weighted by Gasteiger charge is -1.83. The van der Waals surface area contributed by atoms with E-state index in [1.54, 1.807) is 0 Å². The fourth-order valence-corrected chi connectivity index (χ4v) is 1.10. The first-order chi connectivity index (χ1) is 5.18. The summed E-state index contributed by atoms with van der Waals surface area (Å²) in [7, 11) is 0. The molecular weight excluding hydrogens is 142 g/mol. The minimum atomic E-state index is 0.609. The third kappa shape index (κ3) is 0.770. The molecule has 0 saturated carbocycles. The molecule has 0 aliphatic rings. The number of oxazole rings is 1. The van der Waals surface area contributed by atoms with Gasteiger partial charge in [-0.1, -0.05) is 0 Å². The van der Waals surface area contributed by atoms with Gasteiger partial charge in [-0.2, -0.15) is 4.98 Å². The van der Waals surface area contributed by atoms with E-state index in [1.165, 1.54) is 0 Å². The van der Waals surface area contributed by atoms with Gasteiger partial charge in [-0.3, -0.25) is 0 Å². The second-order valence-corrected chi connectivity index (χ2v) is 2.65. The van der Waals surface area contributed by atoms with Crippen LogP contribution in [0.2, 0.25) is 0 Å². The van der Waals surface area contributed by atoms with Crippen molar-refractivity contribution >= 4 is 11.3 Å². The van der Waals surface area contributed by atoms with Gasteiger partial charge >= 0.3 is 0 Å². The number of nitrogens with zero attached hydrogens (tertiary/aromatic N) is 1. The minimum Gasteiger partial charge on any atom is -0.440 e. The molecule has 2 aromatic heterocycles. The summed E-state index contributed by atoms with van der Waals surface area (Å²) in [5.41, 5.74) is 2.43. The van der Waals surface area contributed by atoms with Crippen LogP contribution in [-0.2, 0) is 0 Å². The summed E-state index contributed by atoms with van der Waals surface area (Å²) in [5, 5.41) is 0. The molecule has 0 fully saturated rings. The van der Waals surface area contributed by atoms with Gasteiger partial charge in [0.1, 0.15) is 5.76 Å². The minimum absolute atomic E-state index is 0.609. The predicted octanol–water partition coefficient (Wildman–Crippen LogP) is 2.35.